The van der Waals surface area contributed by atoms with Crippen LogP contribution in [0.5, 0.6) is 0 Å². The molecule has 4 nitrogen and oxygen atoms in total. The van der Waals surface area contributed by atoms with Gasteiger partial charge in [-0.2, -0.15) is 0 Å². The summed E-state index contributed by atoms with van der Waals surface area (Å²) < 4.78 is 5.67. The maximum atomic E-state index is 11.2. The van der Waals surface area contributed by atoms with E-state index in [0.29, 0.717) is 16.4 Å². The Balaban J connectivity index is 1.96. The van der Waals surface area contributed by atoms with Gasteiger partial charge in [0, 0.05) is 5.56 Å². The van der Waals surface area contributed by atoms with Gasteiger partial charge in [-0.1, -0.05) is 36.4 Å². The summed E-state index contributed by atoms with van der Waals surface area (Å²) >= 11 is 1.33. The smallest absolute Gasteiger partial charge is 0.290 e. The zero-order chi connectivity index (χ0) is 14.7. The van der Waals surface area contributed by atoms with Gasteiger partial charge in [0.1, 0.15) is 16.4 Å². The third-order valence-corrected chi connectivity index (χ3v) is 3.83. The lowest BCUT2D eigenvalue weighted by atomic mass is 10.2. The third kappa shape index (κ3) is 2.93. The maximum Gasteiger partial charge on any atom is 0.290 e. The van der Waals surface area contributed by atoms with Crippen LogP contribution in [-0.4, -0.2) is 4.92 Å². The van der Waals surface area contributed by atoms with E-state index in [1.54, 1.807) is 18.2 Å². The summed E-state index contributed by atoms with van der Waals surface area (Å²) in [5.41, 5.74) is 0.981. The van der Waals surface area contributed by atoms with Crippen LogP contribution >= 0.6 is 11.3 Å². The van der Waals surface area contributed by atoms with Crippen LogP contribution in [0.1, 0.15) is 10.6 Å². The molecule has 0 spiro atoms. The quantitative estimate of drug-likeness (QED) is 0.514. The number of nitro groups is 1. The summed E-state index contributed by atoms with van der Waals surface area (Å²) in [6.07, 6.45) is 1.46. The van der Waals surface area contributed by atoms with Crippen molar-refractivity contribution >= 4 is 23.1 Å². The molecule has 0 aliphatic rings. The van der Waals surface area contributed by atoms with E-state index in [1.807, 2.05) is 41.8 Å². The fourth-order valence-electron chi connectivity index (χ4n) is 1.96. The van der Waals surface area contributed by atoms with Crippen molar-refractivity contribution in [1.29, 1.82) is 0 Å². The molecule has 21 heavy (non-hydrogen) atoms. The molecule has 2 aromatic heterocycles. The minimum absolute atomic E-state index is 0.0407. The van der Waals surface area contributed by atoms with E-state index in [9.17, 15) is 10.1 Å². The van der Waals surface area contributed by atoms with Crippen LogP contribution in [-0.2, 0) is 0 Å². The minimum atomic E-state index is -0.392. The molecule has 0 unspecified atom stereocenters. The van der Waals surface area contributed by atoms with Crippen molar-refractivity contribution in [1.82, 2.24) is 0 Å². The van der Waals surface area contributed by atoms with Gasteiger partial charge in [-0.3, -0.25) is 10.1 Å². The van der Waals surface area contributed by atoms with E-state index in [-0.39, 0.29) is 5.70 Å². The van der Waals surface area contributed by atoms with E-state index in [2.05, 4.69) is 0 Å². The standard InChI is InChI=1S/C16H11NO3S/c18-17(19)14(16-7-4-10-21-16)11-13-8-9-15(20-13)12-5-2-1-3-6-12/h1-11H. The number of furan rings is 1. The van der Waals surface area contributed by atoms with Crippen molar-refractivity contribution in [3.63, 3.8) is 0 Å². The average molecular weight is 297 g/mol. The molecule has 5 heteroatoms. The molecular weight excluding hydrogens is 286 g/mol. The van der Waals surface area contributed by atoms with Crippen LogP contribution in [0.3, 0.4) is 0 Å². The predicted molar refractivity (Wildman–Crippen MR) is 83.3 cm³/mol. The molecule has 0 fully saturated rings. The van der Waals surface area contributed by atoms with Gasteiger partial charge < -0.3 is 4.42 Å². The van der Waals surface area contributed by atoms with Gasteiger partial charge in [0.2, 0.25) is 0 Å². The van der Waals surface area contributed by atoms with E-state index in [0.717, 1.165) is 5.56 Å². The molecule has 0 N–H and O–H groups in total. The second kappa shape index (κ2) is 5.76. The first kappa shape index (κ1) is 13.3. The topological polar surface area (TPSA) is 56.3 Å². The van der Waals surface area contributed by atoms with Gasteiger partial charge in [-0.05, 0) is 23.6 Å². The maximum absolute atomic E-state index is 11.2. The van der Waals surface area contributed by atoms with Crippen LogP contribution in [0, 0.1) is 10.1 Å². The summed E-state index contributed by atoms with van der Waals surface area (Å²) in [6, 6.07) is 16.7. The van der Waals surface area contributed by atoms with Crippen LogP contribution in [0.2, 0.25) is 0 Å². The van der Waals surface area contributed by atoms with Gasteiger partial charge in [0.05, 0.1) is 11.0 Å². The van der Waals surface area contributed by atoms with Crippen LogP contribution in [0.15, 0.2) is 64.4 Å². The molecule has 0 atom stereocenters. The molecule has 0 radical (unpaired) electrons. The van der Waals surface area contributed by atoms with Crippen LogP contribution < -0.4 is 0 Å². The van der Waals surface area contributed by atoms with Gasteiger partial charge in [-0.15, -0.1) is 11.3 Å². The number of thiophene rings is 1. The Bertz CT molecular complexity index is 773. The fourth-order valence-corrected chi connectivity index (χ4v) is 2.68. The minimum Gasteiger partial charge on any atom is -0.456 e. The number of rotatable bonds is 4. The summed E-state index contributed by atoms with van der Waals surface area (Å²) in [7, 11) is 0. The fraction of sp³-hybridized carbons (Fsp3) is 0. The summed E-state index contributed by atoms with van der Waals surface area (Å²) in [5.74, 6) is 1.16. The first-order valence-corrected chi connectivity index (χ1v) is 7.17. The van der Waals surface area contributed by atoms with Gasteiger partial charge in [-0.25, -0.2) is 0 Å². The highest BCUT2D eigenvalue weighted by Crippen LogP contribution is 2.27. The Morgan fingerprint density at radius 2 is 1.90 bits per heavy atom. The normalized spacial score (nSPS) is 11.5. The molecule has 3 rings (SSSR count). The Morgan fingerprint density at radius 1 is 1.10 bits per heavy atom. The zero-order valence-corrected chi connectivity index (χ0v) is 11.7. The van der Waals surface area contributed by atoms with Gasteiger partial charge >= 0.3 is 0 Å². The Hall–Kier alpha value is -2.66. The second-order valence-electron chi connectivity index (χ2n) is 4.33. The molecule has 3 aromatic rings. The van der Waals surface area contributed by atoms with Crippen molar-refractivity contribution < 1.29 is 9.34 Å². The largest absolute Gasteiger partial charge is 0.456 e. The van der Waals surface area contributed by atoms with Crippen LogP contribution in [0.25, 0.3) is 23.1 Å². The molecule has 104 valence electrons. The molecule has 0 amide bonds. The molecule has 0 aliphatic carbocycles. The summed E-state index contributed by atoms with van der Waals surface area (Å²) in [6.45, 7) is 0. The highest BCUT2D eigenvalue weighted by molar-refractivity contribution is 7.11. The van der Waals surface area contributed by atoms with Gasteiger partial charge in [0.25, 0.3) is 5.70 Å². The number of hydrogen-bond donors (Lipinski definition) is 0. The first-order valence-electron chi connectivity index (χ1n) is 6.29. The van der Waals surface area contributed by atoms with Crippen molar-refractivity contribution in [2.75, 3.05) is 0 Å². The van der Waals surface area contributed by atoms with Crippen molar-refractivity contribution in [2.45, 2.75) is 0 Å². The lowest BCUT2D eigenvalue weighted by Gasteiger charge is -1.96. The lowest BCUT2D eigenvalue weighted by molar-refractivity contribution is -0.374. The van der Waals surface area contributed by atoms with E-state index in [1.165, 1.54) is 17.4 Å². The summed E-state index contributed by atoms with van der Waals surface area (Å²) in [4.78, 5) is 11.4. The molecule has 0 aliphatic heterocycles. The number of benzene rings is 1. The Morgan fingerprint density at radius 3 is 2.57 bits per heavy atom. The van der Waals surface area contributed by atoms with Crippen molar-refractivity contribution in [3.05, 3.63) is 80.7 Å². The first-order chi connectivity index (χ1) is 10.2. The summed E-state index contributed by atoms with van der Waals surface area (Å²) in [5, 5.41) is 13.0. The molecule has 2 heterocycles. The monoisotopic (exact) mass is 297 g/mol. The number of nitrogens with zero attached hydrogens (tertiary/aromatic N) is 1. The van der Waals surface area contributed by atoms with E-state index in [4.69, 9.17) is 4.42 Å². The second-order valence-corrected chi connectivity index (χ2v) is 5.28. The molecule has 0 bridgehead atoms. The average Bonchev–Trinajstić information content (AvgIpc) is 3.17. The highest BCUT2D eigenvalue weighted by atomic mass is 32.1. The van der Waals surface area contributed by atoms with Crippen molar-refractivity contribution in [3.8, 4) is 11.3 Å². The molecule has 0 saturated heterocycles. The molecule has 0 saturated carbocycles. The van der Waals surface area contributed by atoms with E-state index < -0.39 is 4.92 Å². The van der Waals surface area contributed by atoms with E-state index >= 15 is 0 Å². The van der Waals surface area contributed by atoms with Crippen molar-refractivity contribution in [2.24, 2.45) is 0 Å². The molecule has 1 aromatic carbocycles. The SMILES string of the molecule is O=[N+]([O-])C(=Cc1ccc(-c2ccccc2)o1)c1cccs1. The number of hydrogen-bond acceptors (Lipinski definition) is 4. The highest BCUT2D eigenvalue weighted by Gasteiger charge is 2.16. The lowest BCUT2D eigenvalue weighted by Crippen LogP contribution is -1.95. The predicted octanol–water partition coefficient (Wildman–Crippen LogP) is 4.78. The zero-order valence-electron chi connectivity index (χ0n) is 10.9. The van der Waals surface area contributed by atoms with Gasteiger partial charge in [0.15, 0.2) is 0 Å². The molecular formula is C16H11NO3S. The third-order valence-electron chi connectivity index (χ3n) is 2.93. The Kier molecular flexibility index (Phi) is 3.66. The van der Waals surface area contributed by atoms with Crippen LogP contribution in [0.4, 0.5) is 0 Å². The Labute approximate surface area is 125 Å².